The first-order chi connectivity index (χ1) is 9.10. The summed E-state index contributed by atoms with van der Waals surface area (Å²) in [6.07, 6.45) is -11.0. The molecule has 1 aromatic carbocycles. The number of hydrogen-bond donors (Lipinski definition) is 1. The molecule has 2 rings (SSSR count). The first-order valence-corrected chi connectivity index (χ1v) is 5.48. The van der Waals surface area contributed by atoms with Gasteiger partial charge in [0.15, 0.2) is 5.92 Å². The minimum Gasteiger partial charge on any atom is -0.459 e. The van der Waals surface area contributed by atoms with Crippen LogP contribution in [0.15, 0.2) is 34.7 Å². The van der Waals surface area contributed by atoms with Gasteiger partial charge in [-0.15, -0.1) is 0 Å². The lowest BCUT2D eigenvalue weighted by Gasteiger charge is -2.26. The Labute approximate surface area is 109 Å². The Kier molecular flexibility index (Phi) is 3.45. The maximum Gasteiger partial charge on any atom is 0.402 e. The number of furan rings is 1. The molecule has 1 atom stereocenters. The van der Waals surface area contributed by atoms with E-state index in [9.17, 15) is 26.3 Å². The van der Waals surface area contributed by atoms with E-state index in [1.807, 2.05) is 0 Å². The number of benzene rings is 1. The third kappa shape index (κ3) is 2.74. The van der Waals surface area contributed by atoms with E-state index in [0.29, 0.717) is 5.39 Å². The molecular weight excluding hydrogens is 288 g/mol. The molecule has 2 aromatic rings. The second-order valence-electron chi connectivity index (χ2n) is 4.27. The highest BCUT2D eigenvalue weighted by atomic mass is 19.4. The van der Waals surface area contributed by atoms with E-state index in [0.717, 1.165) is 6.07 Å². The molecule has 2 N–H and O–H groups in total. The summed E-state index contributed by atoms with van der Waals surface area (Å²) in [4.78, 5) is 0. The van der Waals surface area contributed by atoms with Gasteiger partial charge in [-0.05, 0) is 12.1 Å². The van der Waals surface area contributed by atoms with Crippen LogP contribution in [-0.4, -0.2) is 12.4 Å². The van der Waals surface area contributed by atoms with Crippen LogP contribution in [0.25, 0.3) is 11.0 Å². The zero-order chi connectivity index (χ0) is 15.1. The highest BCUT2D eigenvalue weighted by Gasteiger charge is 2.60. The smallest absolute Gasteiger partial charge is 0.402 e. The summed E-state index contributed by atoms with van der Waals surface area (Å²) in [7, 11) is 0. The fourth-order valence-electron chi connectivity index (χ4n) is 1.92. The van der Waals surface area contributed by atoms with Crippen LogP contribution in [0.5, 0.6) is 0 Å². The number of halogens is 6. The van der Waals surface area contributed by atoms with Crippen LogP contribution in [0, 0.1) is 5.92 Å². The van der Waals surface area contributed by atoms with Crippen molar-refractivity contribution in [3.05, 3.63) is 36.1 Å². The van der Waals surface area contributed by atoms with E-state index >= 15 is 0 Å². The Balaban J connectivity index is 2.44. The van der Waals surface area contributed by atoms with Gasteiger partial charge in [0, 0.05) is 5.39 Å². The van der Waals surface area contributed by atoms with Gasteiger partial charge in [-0.2, -0.15) is 26.3 Å². The van der Waals surface area contributed by atoms with E-state index in [1.165, 1.54) is 12.1 Å². The zero-order valence-electron chi connectivity index (χ0n) is 9.79. The Hall–Kier alpha value is -1.70. The molecule has 8 heteroatoms. The molecule has 0 amide bonds. The van der Waals surface area contributed by atoms with Crippen LogP contribution in [0.4, 0.5) is 26.3 Å². The summed E-state index contributed by atoms with van der Waals surface area (Å²) < 4.78 is 80.4. The fourth-order valence-corrected chi connectivity index (χ4v) is 1.92. The van der Waals surface area contributed by atoms with E-state index in [2.05, 4.69) is 0 Å². The SMILES string of the molecule is NC(c1cc2ccccc2o1)C(C(F)(F)F)C(F)(F)F. The summed E-state index contributed by atoms with van der Waals surface area (Å²) in [6, 6.07) is 4.81. The van der Waals surface area contributed by atoms with Crippen molar-refractivity contribution in [3.63, 3.8) is 0 Å². The van der Waals surface area contributed by atoms with Gasteiger partial charge in [0.25, 0.3) is 0 Å². The number of fused-ring (bicyclic) bond motifs is 1. The quantitative estimate of drug-likeness (QED) is 0.845. The number of hydrogen-bond acceptors (Lipinski definition) is 2. The van der Waals surface area contributed by atoms with Crippen molar-refractivity contribution in [2.75, 3.05) is 0 Å². The fraction of sp³-hybridized carbons (Fsp3) is 0.333. The van der Waals surface area contributed by atoms with Crippen LogP contribution in [0.3, 0.4) is 0 Å². The second-order valence-corrected chi connectivity index (χ2v) is 4.27. The molecule has 2 nitrogen and oxygen atoms in total. The standard InChI is InChI=1S/C12H9F6NO/c13-11(14,15)10(12(16,17)18)9(19)8-5-6-3-1-2-4-7(6)20-8/h1-5,9-10H,19H2. The normalized spacial score (nSPS) is 15.0. The van der Waals surface area contributed by atoms with Crippen molar-refractivity contribution in [2.24, 2.45) is 11.7 Å². The van der Waals surface area contributed by atoms with Gasteiger partial charge in [0.05, 0.1) is 6.04 Å². The average Bonchev–Trinajstić information content (AvgIpc) is 2.68. The molecular formula is C12H9F6NO. The Morgan fingerprint density at radius 2 is 1.50 bits per heavy atom. The summed E-state index contributed by atoms with van der Waals surface area (Å²) in [5, 5.41) is 0.390. The van der Waals surface area contributed by atoms with Crippen LogP contribution < -0.4 is 5.73 Å². The molecule has 110 valence electrons. The molecule has 0 aliphatic rings. The molecule has 0 spiro atoms. The molecule has 0 radical (unpaired) electrons. The molecule has 20 heavy (non-hydrogen) atoms. The van der Waals surface area contributed by atoms with Gasteiger partial charge in [0.1, 0.15) is 11.3 Å². The molecule has 0 saturated heterocycles. The third-order valence-corrected chi connectivity index (χ3v) is 2.84. The van der Waals surface area contributed by atoms with Crippen LogP contribution in [0.2, 0.25) is 0 Å². The number of rotatable bonds is 2. The maximum absolute atomic E-state index is 12.6. The van der Waals surface area contributed by atoms with Crippen LogP contribution >= 0.6 is 0 Å². The molecule has 1 aromatic heterocycles. The van der Waals surface area contributed by atoms with Crippen molar-refractivity contribution in [1.29, 1.82) is 0 Å². The lowest BCUT2D eigenvalue weighted by atomic mass is 9.97. The molecule has 0 fully saturated rings. The summed E-state index contributed by atoms with van der Waals surface area (Å²) in [5.74, 6) is -4.22. The van der Waals surface area contributed by atoms with Gasteiger partial charge in [-0.3, -0.25) is 0 Å². The lowest BCUT2D eigenvalue weighted by Crippen LogP contribution is -2.43. The van der Waals surface area contributed by atoms with Gasteiger partial charge in [-0.25, -0.2) is 0 Å². The minimum absolute atomic E-state index is 0.182. The predicted octanol–water partition coefficient (Wildman–Crippen LogP) is 4.17. The maximum atomic E-state index is 12.6. The Morgan fingerprint density at radius 3 is 2.00 bits per heavy atom. The molecule has 0 aliphatic carbocycles. The third-order valence-electron chi connectivity index (χ3n) is 2.84. The van der Waals surface area contributed by atoms with Crippen molar-refractivity contribution < 1.29 is 30.8 Å². The van der Waals surface area contributed by atoms with E-state index in [-0.39, 0.29) is 5.58 Å². The molecule has 0 saturated carbocycles. The molecule has 1 heterocycles. The van der Waals surface area contributed by atoms with Gasteiger partial charge in [-0.1, -0.05) is 18.2 Å². The largest absolute Gasteiger partial charge is 0.459 e. The average molecular weight is 297 g/mol. The summed E-state index contributed by atoms with van der Waals surface area (Å²) in [6.45, 7) is 0. The van der Waals surface area contributed by atoms with Crippen molar-refractivity contribution >= 4 is 11.0 Å². The Bertz CT molecular complexity index is 553. The number of nitrogens with two attached hydrogens (primary N) is 1. The predicted molar refractivity (Wildman–Crippen MR) is 58.7 cm³/mol. The van der Waals surface area contributed by atoms with Gasteiger partial charge >= 0.3 is 12.4 Å². The van der Waals surface area contributed by atoms with E-state index in [1.54, 1.807) is 12.1 Å². The van der Waals surface area contributed by atoms with Crippen molar-refractivity contribution in [3.8, 4) is 0 Å². The van der Waals surface area contributed by atoms with E-state index < -0.39 is 30.1 Å². The zero-order valence-corrected chi connectivity index (χ0v) is 9.79. The first-order valence-electron chi connectivity index (χ1n) is 5.48. The van der Waals surface area contributed by atoms with Crippen LogP contribution in [0.1, 0.15) is 11.8 Å². The topological polar surface area (TPSA) is 39.2 Å². The first kappa shape index (κ1) is 14.7. The van der Waals surface area contributed by atoms with Crippen molar-refractivity contribution in [1.82, 2.24) is 0 Å². The van der Waals surface area contributed by atoms with E-state index in [4.69, 9.17) is 10.2 Å². The van der Waals surface area contributed by atoms with Gasteiger partial charge < -0.3 is 10.2 Å². The summed E-state index contributed by atoms with van der Waals surface area (Å²) in [5.41, 5.74) is 5.32. The monoisotopic (exact) mass is 297 g/mol. The van der Waals surface area contributed by atoms with Gasteiger partial charge in [0.2, 0.25) is 0 Å². The highest BCUT2D eigenvalue weighted by molar-refractivity contribution is 5.77. The minimum atomic E-state index is -5.50. The highest BCUT2D eigenvalue weighted by Crippen LogP contribution is 2.46. The van der Waals surface area contributed by atoms with Crippen molar-refractivity contribution in [2.45, 2.75) is 18.4 Å². The molecule has 0 bridgehead atoms. The Morgan fingerprint density at radius 1 is 0.950 bits per heavy atom. The number of para-hydroxylation sites is 1. The second kappa shape index (κ2) is 4.69. The summed E-state index contributed by atoms with van der Waals surface area (Å²) >= 11 is 0. The molecule has 0 aliphatic heterocycles. The number of alkyl halides is 6. The lowest BCUT2D eigenvalue weighted by molar-refractivity contribution is -0.291. The molecule has 1 unspecified atom stereocenters. The van der Waals surface area contributed by atoms with Crippen LogP contribution in [-0.2, 0) is 0 Å².